The van der Waals surface area contributed by atoms with Crippen LogP contribution in [0, 0.1) is 11.3 Å². The molecule has 6 heteroatoms. The number of pyridine rings is 1. The molecule has 0 spiro atoms. The Bertz CT molecular complexity index is 1080. The van der Waals surface area contributed by atoms with E-state index in [0.717, 1.165) is 22.3 Å². The van der Waals surface area contributed by atoms with E-state index in [1.54, 1.807) is 6.07 Å². The molecule has 0 bridgehead atoms. The van der Waals surface area contributed by atoms with Crippen LogP contribution in [0.1, 0.15) is 22.6 Å². The number of fused-ring (bicyclic) bond motifs is 3. The van der Waals surface area contributed by atoms with Gasteiger partial charge in [-0.1, -0.05) is 48.5 Å². The summed E-state index contributed by atoms with van der Waals surface area (Å²) in [6, 6.07) is 19.2. The number of hydrogen-bond donors (Lipinski definition) is 2. The Balaban J connectivity index is 1.50. The summed E-state index contributed by atoms with van der Waals surface area (Å²) >= 11 is 0. The van der Waals surface area contributed by atoms with E-state index in [1.165, 1.54) is 12.3 Å². The number of ether oxygens (including phenoxy) is 1. The second kappa shape index (κ2) is 6.81. The first kappa shape index (κ1) is 16.6. The lowest BCUT2D eigenvalue weighted by atomic mass is 9.98. The summed E-state index contributed by atoms with van der Waals surface area (Å²) in [5.41, 5.74) is 4.28. The zero-order valence-corrected chi connectivity index (χ0v) is 14.2. The molecule has 1 aliphatic rings. The number of nitrogens with one attached hydrogen (secondary N) is 2. The molecule has 3 aromatic rings. The van der Waals surface area contributed by atoms with Crippen molar-refractivity contribution in [2.75, 3.05) is 11.9 Å². The molecule has 0 atom stereocenters. The number of H-pyrrole nitrogens is 1. The van der Waals surface area contributed by atoms with Gasteiger partial charge in [0.1, 0.15) is 18.2 Å². The minimum atomic E-state index is -0.646. The number of carbonyl (C=O) groups excluding carboxylic acids is 1. The first-order chi connectivity index (χ1) is 13.2. The molecule has 0 saturated heterocycles. The Hall–Kier alpha value is -3.85. The highest BCUT2D eigenvalue weighted by Crippen LogP contribution is 2.44. The molecule has 0 radical (unpaired) electrons. The molecule has 1 amide bonds. The highest BCUT2D eigenvalue weighted by Gasteiger charge is 2.28. The van der Waals surface area contributed by atoms with Crippen LogP contribution in [0.2, 0.25) is 0 Å². The van der Waals surface area contributed by atoms with Gasteiger partial charge >= 0.3 is 6.09 Å². The fourth-order valence-corrected chi connectivity index (χ4v) is 3.39. The van der Waals surface area contributed by atoms with Crippen LogP contribution >= 0.6 is 0 Å². The summed E-state index contributed by atoms with van der Waals surface area (Å²) in [7, 11) is 0. The molecule has 2 aromatic carbocycles. The van der Waals surface area contributed by atoms with Gasteiger partial charge in [0, 0.05) is 12.1 Å². The zero-order chi connectivity index (χ0) is 18.8. The molecule has 0 aliphatic heterocycles. The zero-order valence-electron chi connectivity index (χ0n) is 14.2. The standard InChI is InChI=1S/C21H15N3O3/c22-10-13-9-14(11-23-20(13)25)24-21(26)27-12-19-17-7-3-1-5-15(17)16-6-2-4-8-18(16)19/h1-9,11,19H,12H2,(H,23,25)(H,24,26). The molecule has 1 heterocycles. The number of aromatic amines is 1. The minimum Gasteiger partial charge on any atom is -0.448 e. The highest BCUT2D eigenvalue weighted by atomic mass is 16.5. The van der Waals surface area contributed by atoms with Crippen LogP contribution in [0.5, 0.6) is 0 Å². The molecule has 1 aromatic heterocycles. The molecule has 4 rings (SSSR count). The van der Waals surface area contributed by atoms with Gasteiger partial charge < -0.3 is 9.72 Å². The van der Waals surface area contributed by atoms with Gasteiger partial charge in [-0.2, -0.15) is 5.26 Å². The predicted molar refractivity (Wildman–Crippen MR) is 100 cm³/mol. The third kappa shape index (κ3) is 3.07. The quantitative estimate of drug-likeness (QED) is 0.748. The lowest BCUT2D eigenvalue weighted by Gasteiger charge is -2.14. The predicted octanol–water partition coefficient (Wildman–Crippen LogP) is 3.61. The summed E-state index contributed by atoms with van der Waals surface area (Å²) < 4.78 is 5.42. The first-order valence-corrected chi connectivity index (χ1v) is 8.42. The molecule has 0 fully saturated rings. The largest absolute Gasteiger partial charge is 0.448 e. The Morgan fingerprint density at radius 2 is 1.74 bits per heavy atom. The Labute approximate surface area is 155 Å². The molecule has 27 heavy (non-hydrogen) atoms. The van der Waals surface area contributed by atoms with Crippen LogP contribution in [-0.4, -0.2) is 17.7 Å². The number of carbonyl (C=O) groups is 1. The number of nitriles is 1. The fraction of sp³-hybridized carbons (Fsp3) is 0.0952. The van der Waals surface area contributed by atoms with Crippen LogP contribution in [0.4, 0.5) is 10.5 Å². The molecule has 132 valence electrons. The molecule has 6 nitrogen and oxygen atoms in total. The van der Waals surface area contributed by atoms with Gasteiger partial charge in [0.25, 0.3) is 5.56 Å². The Kier molecular flexibility index (Phi) is 4.19. The molecular formula is C21H15N3O3. The number of amides is 1. The van der Waals surface area contributed by atoms with Gasteiger partial charge in [-0.05, 0) is 28.3 Å². The monoisotopic (exact) mass is 357 g/mol. The number of rotatable bonds is 3. The van der Waals surface area contributed by atoms with Crippen LogP contribution in [-0.2, 0) is 4.74 Å². The summed E-state index contributed by atoms with van der Waals surface area (Å²) in [5, 5.41) is 11.4. The van der Waals surface area contributed by atoms with Gasteiger partial charge in [-0.25, -0.2) is 4.79 Å². The first-order valence-electron chi connectivity index (χ1n) is 8.42. The second-order valence-electron chi connectivity index (χ2n) is 6.19. The average Bonchev–Trinajstić information content (AvgIpc) is 3.02. The number of benzene rings is 2. The van der Waals surface area contributed by atoms with Crippen molar-refractivity contribution in [2.45, 2.75) is 5.92 Å². The van der Waals surface area contributed by atoms with E-state index >= 15 is 0 Å². The van der Waals surface area contributed by atoms with E-state index in [2.05, 4.69) is 22.4 Å². The van der Waals surface area contributed by atoms with E-state index in [0.29, 0.717) is 5.69 Å². The number of hydrogen-bond acceptors (Lipinski definition) is 4. The van der Waals surface area contributed by atoms with Gasteiger partial charge in [0.15, 0.2) is 0 Å². The number of anilines is 1. The van der Waals surface area contributed by atoms with Crippen LogP contribution < -0.4 is 10.9 Å². The third-order valence-electron chi connectivity index (χ3n) is 4.61. The Morgan fingerprint density at radius 1 is 1.11 bits per heavy atom. The van der Waals surface area contributed by atoms with E-state index in [-0.39, 0.29) is 18.1 Å². The van der Waals surface area contributed by atoms with Gasteiger partial charge in [0.05, 0.1) is 5.69 Å². The van der Waals surface area contributed by atoms with Crippen molar-refractivity contribution in [1.82, 2.24) is 4.98 Å². The average molecular weight is 357 g/mol. The molecule has 2 N–H and O–H groups in total. The number of nitrogens with zero attached hydrogens (tertiary/aromatic N) is 1. The second-order valence-corrected chi connectivity index (χ2v) is 6.19. The smallest absolute Gasteiger partial charge is 0.411 e. The van der Waals surface area contributed by atoms with Crippen LogP contribution in [0.25, 0.3) is 11.1 Å². The summed E-state index contributed by atoms with van der Waals surface area (Å²) in [5.74, 6) is -0.0339. The molecule has 0 unspecified atom stereocenters. The van der Waals surface area contributed by atoms with Crippen LogP contribution in [0.3, 0.4) is 0 Å². The van der Waals surface area contributed by atoms with Gasteiger partial charge in [0.2, 0.25) is 0 Å². The van der Waals surface area contributed by atoms with E-state index < -0.39 is 11.7 Å². The topological polar surface area (TPSA) is 95.0 Å². The Morgan fingerprint density at radius 3 is 2.37 bits per heavy atom. The molecule has 0 saturated carbocycles. The summed E-state index contributed by atoms with van der Waals surface area (Å²) in [4.78, 5) is 26.0. The maximum atomic E-state index is 12.2. The lowest BCUT2D eigenvalue weighted by molar-refractivity contribution is 0.158. The van der Waals surface area contributed by atoms with Crippen molar-refractivity contribution < 1.29 is 9.53 Å². The third-order valence-corrected chi connectivity index (χ3v) is 4.61. The van der Waals surface area contributed by atoms with Crippen molar-refractivity contribution in [1.29, 1.82) is 5.26 Å². The van der Waals surface area contributed by atoms with E-state index in [1.807, 2.05) is 36.4 Å². The van der Waals surface area contributed by atoms with E-state index in [9.17, 15) is 9.59 Å². The normalized spacial score (nSPS) is 12.0. The van der Waals surface area contributed by atoms with Gasteiger partial charge in [-0.15, -0.1) is 0 Å². The minimum absolute atomic E-state index is 0.0339. The maximum absolute atomic E-state index is 12.2. The van der Waals surface area contributed by atoms with Gasteiger partial charge in [-0.3, -0.25) is 10.1 Å². The van der Waals surface area contributed by atoms with Crippen molar-refractivity contribution in [3.63, 3.8) is 0 Å². The SMILES string of the molecule is N#Cc1cc(NC(=O)OCC2c3ccccc3-c3ccccc32)c[nH]c1=O. The van der Waals surface area contributed by atoms with E-state index in [4.69, 9.17) is 10.00 Å². The maximum Gasteiger partial charge on any atom is 0.411 e. The molecule has 1 aliphatic carbocycles. The van der Waals surface area contributed by atoms with Crippen molar-refractivity contribution in [3.05, 3.63) is 87.8 Å². The van der Waals surface area contributed by atoms with Crippen molar-refractivity contribution >= 4 is 11.8 Å². The molecular weight excluding hydrogens is 342 g/mol. The van der Waals surface area contributed by atoms with Crippen molar-refractivity contribution in [3.8, 4) is 17.2 Å². The summed E-state index contributed by atoms with van der Waals surface area (Å²) in [6.07, 6.45) is 0.678. The highest BCUT2D eigenvalue weighted by molar-refractivity contribution is 5.85. The fourth-order valence-electron chi connectivity index (χ4n) is 3.39. The van der Waals surface area contributed by atoms with Crippen LogP contribution in [0.15, 0.2) is 65.6 Å². The summed E-state index contributed by atoms with van der Waals surface area (Å²) in [6.45, 7) is 0.189. The van der Waals surface area contributed by atoms with Crippen molar-refractivity contribution in [2.24, 2.45) is 0 Å². The number of aromatic nitrogens is 1. The lowest BCUT2D eigenvalue weighted by Crippen LogP contribution is -2.19.